The van der Waals surface area contributed by atoms with E-state index in [9.17, 15) is 0 Å². The van der Waals surface area contributed by atoms with Crippen molar-refractivity contribution in [2.45, 2.75) is 32.4 Å². The van der Waals surface area contributed by atoms with Crippen LogP contribution in [0.4, 0.5) is 0 Å². The number of thioether (sulfide) groups is 1. The number of likely N-dealkylation sites (N-methyl/N-ethyl adjacent to an activating group) is 2. The van der Waals surface area contributed by atoms with Crippen molar-refractivity contribution in [1.29, 1.82) is 0 Å². The fourth-order valence-electron chi connectivity index (χ4n) is 1.53. The van der Waals surface area contributed by atoms with Crippen LogP contribution in [-0.4, -0.2) is 49.6 Å². The monoisotopic (exact) mass is 204 g/mol. The molecule has 0 fully saturated rings. The Balaban J connectivity index is 3.94. The van der Waals surface area contributed by atoms with Gasteiger partial charge in [0, 0.05) is 24.4 Å². The number of nitrogens with one attached hydrogen (secondary N) is 1. The van der Waals surface area contributed by atoms with Crippen LogP contribution in [0.25, 0.3) is 0 Å². The minimum atomic E-state index is 0.673. The average Bonchev–Trinajstić information content (AvgIpc) is 2.13. The lowest BCUT2D eigenvalue weighted by atomic mass is 10.1. The van der Waals surface area contributed by atoms with Gasteiger partial charge in [-0.3, -0.25) is 4.90 Å². The molecule has 0 bridgehead atoms. The SMILES string of the molecule is CCC(CNC)N(C)C(C)CSC. The molecule has 2 nitrogen and oxygen atoms in total. The van der Waals surface area contributed by atoms with Crippen molar-refractivity contribution in [2.75, 3.05) is 32.6 Å². The molecule has 0 aromatic heterocycles. The minimum absolute atomic E-state index is 0.673. The van der Waals surface area contributed by atoms with Crippen LogP contribution in [0.2, 0.25) is 0 Å². The third kappa shape index (κ3) is 4.89. The van der Waals surface area contributed by atoms with Gasteiger partial charge < -0.3 is 5.32 Å². The van der Waals surface area contributed by atoms with Gasteiger partial charge in [0.25, 0.3) is 0 Å². The molecule has 0 heterocycles. The molecular formula is C10H24N2S. The van der Waals surface area contributed by atoms with E-state index < -0.39 is 0 Å². The molecule has 0 saturated heterocycles. The molecule has 1 N–H and O–H groups in total. The summed E-state index contributed by atoms with van der Waals surface area (Å²) in [6, 6.07) is 1.35. The quantitative estimate of drug-likeness (QED) is 0.679. The lowest BCUT2D eigenvalue weighted by molar-refractivity contribution is 0.191. The molecule has 0 aliphatic heterocycles. The molecule has 3 heteroatoms. The van der Waals surface area contributed by atoms with E-state index in [4.69, 9.17) is 0 Å². The Morgan fingerprint density at radius 3 is 2.46 bits per heavy atom. The van der Waals surface area contributed by atoms with Crippen molar-refractivity contribution in [2.24, 2.45) is 0 Å². The first-order valence-electron chi connectivity index (χ1n) is 5.02. The molecule has 2 atom stereocenters. The van der Waals surface area contributed by atoms with Crippen LogP contribution in [-0.2, 0) is 0 Å². The Labute approximate surface area is 87.5 Å². The van der Waals surface area contributed by atoms with Crippen molar-refractivity contribution in [3.63, 3.8) is 0 Å². The third-order valence-electron chi connectivity index (χ3n) is 2.59. The predicted molar refractivity (Wildman–Crippen MR) is 63.6 cm³/mol. The van der Waals surface area contributed by atoms with Crippen LogP contribution >= 0.6 is 11.8 Å². The summed E-state index contributed by atoms with van der Waals surface area (Å²) in [5, 5.41) is 3.25. The molecule has 0 saturated carbocycles. The second-order valence-corrected chi connectivity index (χ2v) is 4.50. The summed E-state index contributed by atoms with van der Waals surface area (Å²) in [4.78, 5) is 2.48. The second-order valence-electron chi connectivity index (χ2n) is 3.59. The van der Waals surface area contributed by atoms with Crippen molar-refractivity contribution in [3.8, 4) is 0 Å². The Bertz CT molecular complexity index is 119. The number of hydrogen-bond acceptors (Lipinski definition) is 3. The maximum atomic E-state index is 3.25. The minimum Gasteiger partial charge on any atom is -0.318 e. The zero-order chi connectivity index (χ0) is 10.3. The van der Waals surface area contributed by atoms with Crippen molar-refractivity contribution in [3.05, 3.63) is 0 Å². The van der Waals surface area contributed by atoms with Crippen molar-refractivity contribution >= 4 is 11.8 Å². The van der Waals surface area contributed by atoms with E-state index in [0.717, 1.165) is 6.54 Å². The van der Waals surface area contributed by atoms with E-state index in [1.807, 2.05) is 18.8 Å². The van der Waals surface area contributed by atoms with Crippen LogP contribution in [0.1, 0.15) is 20.3 Å². The molecule has 0 amide bonds. The van der Waals surface area contributed by atoms with E-state index in [1.165, 1.54) is 12.2 Å². The zero-order valence-corrected chi connectivity index (χ0v) is 10.4. The maximum Gasteiger partial charge on any atom is 0.0218 e. The Kier molecular flexibility index (Phi) is 7.81. The Morgan fingerprint density at radius 2 is 2.08 bits per heavy atom. The summed E-state index contributed by atoms with van der Waals surface area (Å²) in [6.07, 6.45) is 3.39. The molecular weight excluding hydrogens is 180 g/mol. The number of rotatable bonds is 7. The molecule has 0 rings (SSSR count). The summed E-state index contributed by atoms with van der Waals surface area (Å²) in [7, 11) is 4.25. The number of nitrogens with zero attached hydrogens (tertiary/aromatic N) is 1. The van der Waals surface area contributed by atoms with Gasteiger partial charge in [-0.05, 0) is 33.7 Å². The highest BCUT2D eigenvalue weighted by Crippen LogP contribution is 2.09. The van der Waals surface area contributed by atoms with Crippen LogP contribution in [0.3, 0.4) is 0 Å². The van der Waals surface area contributed by atoms with Crippen LogP contribution in [0.15, 0.2) is 0 Å². The smallest absolute Gasteiger partial charge is 0.0218 e. The lowest BCUT2D eigenvalue weighted by Crippen LogP contribution is -2.44. The van der Waals surface area contributed by atoms with Gasteiger partial charge in [-0.1, -0.05) is 6.92 Å². The lowest BCUT2D eigenvalue weighted by Gasteiger charge is -2.32. The number of hydrogen-bond donors (Lipinski definition) is 1. The first-order valence-corrected chi connectivity index (χ1v) is 6.42. The maximum absolute atomic E-state index is 3.25. The third-order valence-corrected chi connectivity index (χ3v) is 3.41. The largest absolute Gasteiger partial charge is 0.318 e. The molecule has 13 heavy (non-hydrogen) atoms. The summed E-state index contributed by atoms with van der Waals surface area (Å²) >= 11 is 1.92. The van der Waals surface area contributed by atoms with Gasteiger partial charge in [0.2, 0.25) is 0 Å². The molecule has 0 aromatic carbocycles. The molecule has 0 aliphatic rings. The standard InChI is InChI=1S/C10H24N2S/c1-6-10(7-11-3)12(4)9(2)8-13-5/h9-11H,6-8H2,1-5H3. The molecule has 80 valence electrons. The van der Waals surface area contributed by atoms with Crippen LogP contribution in [0, 0.1) is 0 Å². The predicted octanol–water partition coefficient (Wildman–Crippen LogP) is 1.67. The van der Waals surface area contributed by atoms with E-state index in [-0.39, 0.29) is 0 Å². The highest BCUT2D eigenvalue weighted by atomic mass is 32.2. The Hall–Kier alpha value is 0.270. The summed E-state index contributed by atoms with van der Waals surface area (Å²) < 4.78 is 0. The van der Waals surface area contributed by atoms with E-state index >= 15 is 0 Å². The van der Waals surface area contributed by atoms with Gasteiger partial charge in [-0.25, -0.2) is 0 Å². The summed E-state index contributed by atoms with van der Waals surface area (Å²) in [6.45, 7) is 5.64. The van der Waals surface area contributed by atoms with E-state index in [1.54, 1.807) is 0 Å². The van der Waals surface area contributed by atoms with Crippen molar-refractivity contribution < 1.29 is 0 Å². The molecule has 2 unspecified atom stereocenters. The van der Waals surface area contributed by atoms with Crippen LogP contribution in [0.5, 0.6) is 0 Å². The van der Waals surface area contributed by atoms with E-state index in [0.29, 0.717) is 12.1 Å². The van der Waals surface area contributed by atoms with Gasteiger partial charge in [0.1, 0.15) is 0 Å². The van der Waals surface area contributed by atoms with E-state index in [2.05, 4.69) is 37.4 Å². The van der Waals surface area contributed by atoms with Crippen molar-refractivity contribution in [1.82, 2.24) is 10.2 Å². The summed E-state index contributed by atoms with van der Waals surface area (Å²) in [5.74, 6) is 1.22. The molecule has 0 radical (unpaired) electrons. The summed E-state index contributed by atoms with van der Waals surface area (Å²) in [5.41, 5.74) is 0. The van der Waals surface area contributed by atoms with Gasteiger partial charge in [-0.15, -0.1) is 0 Å². The van der Waals surface area contributed by atoms with Gasteiger partial charge in [-0.2, -0.15) is 11.8 Å². The molecule has 0 aliphatic carbocycles. The normalized spacial score (nSPS) is 16.2. The fraction of sp³-hybridized carbons (Fsp3) is 1.00. The van der Waals surface area contributed by atoms with Gasteiger partial charge in [0.05, 0.1) is 0 Å². The van der Waals surface area contributed by atoms with Crippen LogP contribution < -0.4 is 5.32 Å². The molecule has 0 spiro atoms. The fourth-order valence-corrected chi connectivity index (χ4v) is 2.25. The zero-order valence-electron chi connectivity index (χ0n) is 9.63. The highest BCUT2D eigenvalue weighted by Gasteiger charge is 2.16. The highest BCUT2D eigenvalue weighted by molar-refractivity contribution is 7.98. The Morgan fingerprint density at radius 1 is 1.46 bits per heavy atom. The average molecular weight is 204 g/mol. The molecule has 0 aromatic rings. The van der Waals surface area contributed by atoms with Gasteiger partial charge >= 0.3 is 0 Å². The first-order chi connectivity index (χ1) is 6.17. The second kappa shape index (κ2) is 7.65. The van der Waals surface area contributed by atoms with Gasteiger partial charge in [0.15, 0.2) is 0 Å². The first kappa shape index (κ1) is 13.3. The topological polar surface area (TPSA) is 15.3 Å².